The van der Waals surface area contributed by atoms with Gasteiger partial charge in [-0.25, -0.2) is 0 Å². The summed E-state index contributed by atoms with van der Waals surface area (Å²) in [6, 6.07) is 4.83. The molecular formula is C9H4BrClN2O2. The number of halogens is 2. The molecule has 0 atom stereocenters. The zero-order chi connectivity index (χ0) is 11.0. The molecule has 0 unspecified atom stereocenters. The fraction of sp³-hybridized carbons (Fsp3) is 0. The van der Waals surface area contributed by atoms with Gasteiger partial charge in [0.15, 0.2) is 0 Å². The van der Waals surface area contributed by atoms with Crippen molar-refractivity contribution < 1.29 is 4.92 Å². The van der Waals surface area contributed by atoms with Crippen molar-refractivity contribution in [1.29, 1.82) is 0 Å². The van der Waals surface area contributed by atoms with Gasteiger partial charge in [-0.3, -0.25) is 15.1 Å². The minimum atomic E-state index is -0.454. The van der Waals surface area contributed by atoms with Crippen LogP contribution in [0.4, 0.5) is 5.69 Å². The van der Waals surface area contributed by atoms with E-state index in [9.17, 15) is 10.1 Å². The van der Waals surface area contributed by atoms with Gasteiger partial charge < -0.3 is 0 Å². The van der Waals surface area contributed by atoms with E-state index >= 15 is 0 Å². The number of nitro groups is 1. The third-order valence-corrected chi connectivity index (χ3v) is 2.78. The van der Waals surface area contributed by atoms with Crippen LogP contribution in [0.5, 0.6) is 0 Å². The molecule has 0 spiro atoms. The van der Waals surface area contributed by atoms with E-state index in [0.29, 0.717) is 20.4 Å². The molecule has 2 rings (SSSR count). The molecule has 0 amide bonds. The number of rotatable bonds is 1. The number of fused-ring (bicyclic) bond motifs is 1. The van der Waals surface area contributed by atoms with Crippen LogP contribution >= 0.6 is 27.5 Å². The first-order valence-corrected chi connectivity index (χ1v) is 5.15. The summed E-state index contributed by atoms with van der Waals surface area (Å²) in [5, 5.41) is 11.7. The highest BCUT2D eigenvalue weighted by molar-refractivity contribution is 9.10. The Labute approximate surface area is 98.2 Å². The summed E-state index contributed by atoms with van der Waals surface area (Å²) in [6.45, 7) is 0. The molecule has 0 radical (unpaired) electrons. The van der Waals surface area contributed by atoms with Crippen LogP contribution in [0.1, 0.15) is 0 Å². The first-order chi connectivity index (χ1) is 7.09. The normalized spacial score (nSPS) is 10.5. The van der Waals surface area contributed by atoms with E-state index in [-0.39, 0.29) is 5.69 Å². The van der Waals surface area contributed by atoms with Crippen LogP contribution in [0.25, 0.3) is 10.9 Å². The van der Waals surface area contributed by atoms with Gasteiger partial charge in [-0.05, 0) is 34.1 Å². The lowest BCUT2D eigenvalue weighted by atomic mass is 10.2. The Hall–Kier alpha value is -1.20. The van der Waals surface area contributed by atoms with E-state index < -0.39 is 4.92 Å². The van der Waals surface area contributed by atoms with Crippen LogP contribution in [-0.2, 0) is 0 Å². The molecule has 1 aromatic carbocycles. The topological polar surface area (TPSA) is 56.0 Å². The molecule has 0 saturated heterocycles. The molecular weight excluding hydrogens is 283 g/mol. The van der Waals surface area contributed by atoms with Crippen molar-refractivity contribution in [1.82, 2.24) is 4.98 Å². The Morgan fingerprint density at radius 2 is 2.20 bits per heavy atom. The molecule has 4 nitrogen and oxygen atoms in total. The van der Waals surface area contributed by atoms with Crippen molar-refractivity contribution in [3.63, 3.8) is 0 Å². The van der Waals surface area contributed by atoms with Crippen LogP contribution in [-0.4, -0.2) is 9.91 Å². The highest BCUT2D eigenvalue weighted by Gasteiger charge is 2.17. The first kappa shape index (κ1) is 10.3. The van der Waals surface area contributed by atoms with Gasteiger partial charge in [0.05, 0.1) is 25.3 Å². The van der Waals surface area contributed by atoms with Gasteiger partial charge in [-0.1, -0.05) is 11.6 Å². The van der Waals surface area contributed by atoms with Crippen LogP contribution < -0.4 is 0 Å². The van der Waals surface area contributed by atoms with Crippen LogP contribution in [0.15, 0.2) is 28.9 Å². The SMILES string of the molecule is O=[N+]([O-])c1c(Br)ccc2ncc(Cl)cc12. The molecule has 0 aliphatic rings. The van der Waals surface area contributed by atoms with Crippen LogP contribution in [0, 0.1) is 10.1 Å². The third kappa shape index (κ3) is 1.80. The maximum Gasteiger partial charge on any atom is 0.292 e. The van der Waals surface area contributed by atoms with Gasteiger partial charge in [0.1, 0.15) is 0 Å². The van der Waals surface area contributed by atoms with Gasteiger partial charge in [-0.15, -0.1) is 0 Å². The number of benzene rings is 1. The predicted octanol–water partition coefficient (Wildman–Crippen LogP) is 3.56. The largest absolute Gasteiger partial charge is 0.292 e. The highest BCUT2D eigenvalue weighted by Crippen LogP contribution is 2.33. The average molecular weight is 288 g/mol. The standard InChI is InChI=1S/C9H4BrClN2O2/c10-7-1-2-8-6(9(7)13(14)15)3-5(11)4-12-8/h1-4H. The number of pyridine rings is 1. The van der Waals surface area contributed by atoms with Gasteiger partial charge in [0, 0.05) is 6.20 Å². The van der Waals surface area contributed by atoms with E-state index in [2.05, 4.69) is 20.9 Å². The Morgan fingerprint density at radius 3 is 2.87 bits per heavy atom. The Kier molecular flexibility index (Phi) is 2.58. The van der Waals surface area contributed by atoms with Crippen LogP contribution in [0.2, 0.25) is 5.02 Å². The monoisotopic (exact) mass is 286 g/mol. The van der Waals surface area contributed by atoms with E-state index in [1.807, 2.05) is 0 Å². The number of hydrogen-bond acceptors (Lipinski definition) is 3. The second-order valence-electron chi connectivity index (χ2n) is 2.87. The molecule has 0 fully saturated rings. The second-order valence-corrected chi connectivity index (χ2v) is 4.16. The van der Waals surface area contributed by atoms with Gasteiger partial charge in [0.25, 0.3) is 5.69 Å². The van der Waals surface area contributed by atoms with Crippen molar-refractivity contribution in [2.45, 2.75) is 0 Å². The zero-order valence-electron chi connectivity index (χ0n) is 7.28. The van der Waals surface area contributed by atoms with Gasteiger partial charge >= 0.3 is 0 Å². The summed E-state index contributed by atoms with van der Waals surface area (Å²) in [6.07, 6.45) is 1.46. The maximum absolute atomic E-state index is 10.9. The molecule has 6 heteroatoms. The molecule has 2 aromatic rings. The average Bonchev–Trinajstić information content (AvgIpc) is 2.16. The van der Waals surface area contributed by atoms with E-state index in [1.165, 1.54) is 12.3 Å². The molecule has 0 aliphatic heterocycles. The van der Waals surface area contributed by atoms with E-state index in [0.717, 1.165) is 0 Å². The first-order valence-electron chi connectivity index (χ1n) is 3.98. The summed E-state index contributed by atoms with van der Waals surface area (Å²) in [5.74, 6) is 0. The highest BCUT2D eigenvalue weighted by atomic mass is 79.9. The Morgan fingerprint density at radius 1 is 1.47 bits per heavy atom. The minimum absolute atomic E-state index is 0.0116. The van der Waals surface area contributed by atoms with Crippen molar-refractivity contribution in [2.24, 2.45) is 0 Å². The summed E-state index contributed by atoms with van der Waals surface area (Å²) >= 11 is 8.88. The molecule has 1 aromatic heterocycles. The molecule has 0 saturated carbocycles. The number of aromatic nitrogens is 1. The quantitative estimate of drug-likeness (QED) is 0.595. The van der Waals surface area contributed by atoms with Crippen molar-refractivity contribution in [3.8, 4) is 0 Å². The fourth-order valence-electron chi connectivity index (χ4n) is 1.32. The summed E-state index contributed by atoms with van der Waals surface area (Å²) in [4.78, 5) is 14.4. The smallest absolute Gasteiger partial charge is 0.258 e. The van der Waals surface area contributed by atoms with Crippen molar-refractivity contribution in [2.75, 3.05) is 0 Å². The molecule has 0 N–H and O–H groups in total. The fourth-order valence-corrected chi connectivity index (χ4v) is 1.97. The lowest BCUT2D eigenvalue weighted by Gasteiger charge is -2.01. The molecule has 1 heterocycles. The third-order valence-electron chi connectivity index (χ3n) is 1.94. The number of nitrogens with zero attached hydrogens (tertiary/aromatic N) is 2. The maximum atomic E-state index is 10.9. The van der Waals surface area contributed by atoms with Gasteiger partial charge in [0.2, 0.25) is 0 Å². The number of nitro benzene ring substituents is 1. The van der Waals surface area contributed by atoms with Crippen LogP contribution in [0.3, 0.4) is 0 Å². The van der Waals surface area contributed by atoms with Crippen molar-refractivity contribution in [3.05, 3.63) is 44.0 Å². The molecule has 0 aliphatic carbocycles. The summed E-state index contributed by atoms with van der Waals surface area (Å²) in [7, 11) is 0. The predicted molar refractivity (Wildman–Crippen MR) is 61.1 cm³/mol. The second kappa shape index (κ2) is 3.75. The Bertz CT molecular complexity index is 554. The summed E-state index contributed by atoms with van der Waals surface area (Å²) in [5.41, 5.74) is 0.539. The van der Waals surface area contributed by atoms with E-state index in [4.69, 9.17) is 11.6 Å². The van der Waals surface area contributed by atoms with Crippen molar-refractivity contribution >= 4 is 44.1 Å². The molecule has 15 heavy (non-hydrogen) atoms. The number of hydrogen-bond donors (Lipinski definition) is 0. The Balaban J connectivity index is 2.90. The lowest BCUT2D eigenvalue weighted by molar-refractivity contribution is -0.383. The molecule has 76 valence electrons. The summed E-state index contributed by atoms with van der Waals surface area (Å²) < 4.78 is 0.420. The zero-order valence-corrected chi connectivity index (χ0v) is 9.62. The lowest BCUT2D eigenvalue weighted by Crippen LogP contribution is -1.92. The minimum Gasteiger partial charge on any atom is -0.258 e. The van der Waals surface area contributed by atoms with Gasteiger partial charge in [-0.2, -0.15) is 0 Å². The van der Waals surface area contributed by atoms with E-state index in [1.54, 1.807) is 12.1 Å². The molecule has 0 bridgehead atoms.